The number of hydrogen-bond donors (Lipinski definition) is 0. The predicted molar refractivity (Wildman–Crippen MR) is 131 cm³/mol. The lowest BCUT2D eigenvalue weighted by Crippen LogP contribution is -2.40. The van der Waals surface area contributed by atoms with E-state index < -0.39 is 6.61 Å². The number of carbonyl (C=O) groups excluding carboxylic acids is 1. The SMILES string of the molecule is CC(C)N(CCn1c(SCC(=O)c2ccc(OC(F)F)cc2)nc2ccccc2c1=O)C(C)C. The summed E-state index contributed by atoms with van der Waals surface area (Å²) in [4.78, 5) is 33.0. The average Bonchev–Trinajstić information content (AvgIpc) is 2.78. The van der Waals surface area contributed by atoms with Crippen LogP contribution >= 0.6 is 11.8 Å². The Balaban J connectivity index is 1.83. The molecule has 0 amide bonds. The number of aromatic nitrogens is 2. The zero-order valence-corrected chi connectivity index (χ0v) is 20.5. The molecule has 0 unspecified atom stereocenters. The van der Waals surface area contributed by atoms with Gasteiger partial charge in [-0.3, -0.25) is 19.1 Å². The standard InChI is InChI=1S/C25H29F2N3O3S/c1-16(2)29(17(3)4)13-14-30-23(32)20-7-5-6-8-21(20)28-25(30)34-15-22(31)18-9-11-19(12-10-18)33-24(26)27/h5-12,16-17,24H,13-15H2,1-4H3. The molecule has 1 aromatic heterocycles. The maximum absolute atomic E-state index is 13.3. The van der Waals surface area contributed by atoms with Gasteiger partial charge >= 0.3 is 6.61 Å². The number of ether oxygens (including phenoxy) is 1. The van der Waals surface area contributed by atoms with E-state index in [1.165, 1.54) is 36.0 Å². The molecule has 0 bridgehead atoms. The molecule has 0 aliphatic rings. The van der Waals surface area contributed by atoms with Gasteiger partial charge in [0.2, 0.25) is 0 Å². The normalized spacial score (nSPS) is 11.8. The van der Waals surface area contributed by atoms with Gasteiger partial charge in [-0.15, -0.1) is 0 Å². The van der Waals surface area contributed by atoms with Crippen molar-refractivity contribution in [3.05, 3.63) is 64.4 Å². The van der Waals surface area contributed by atoms with Gasteiger partial charge in [0.1, 0.15) is 5.75 Å². The highest BCUT2D eigenvalue weighted by molar-refractivity contribution is 7.99. The van der Waals surface area contributed by atoms with Crippen molar-refractivity contribution in [2.75, 3.05) is 12.3 Å². The third-order valence-electron chi connectivity index (χ3n) is 5.47. The summed E-state index contributed by atoms with van der Waals surface area (Å²) >= 11 is 1.19. The fraction of sp³-hybridized carbons (Fsp3) is 0.400. The molecule has 3 rings (SSSR count). The first-order chi connectivity index (χ1) is 16.2. The number of rotatable bonds is 11. The summed E-state index contributed by atoms with van der Waals surface area (Å²) in [7, 11) is 0. The number of ketones is 1. The molecular weight excluding hydrogens is 460 g/mol. The maximum Gasteiger partial charge on any atom is 0.387 e. The quantitative estimate of drug-likeness (QED) is 0.212. The highest BCUT2D eigenvalue weighted by atomic mass is 32.2. The number of hydrogen-bond acceptors (Lipinski definition) is 6. The minimum Gasteiger partial charge on any atom is -0.435 e. The van der Waals surface area contributed by atoms with Gasteiger partial charge in [-0.05, 0) is 64.1 Å². The summed E-state index contributed by atoms with van der Waals surface area (Å²) in [5, 5.41) is 1.01. The Bertz CT molecular complexity index is 1170. The van der Waals surface area contributed by atoms with Crippen LogP contribution in [0.2, 0.25) is 0 Å². The van der Waals surface area contributed by atoms with Crippen molar-refractivity contribution in [3.63, 3.8) is 0 Å². The van der Waals surface area contributed by atoms with Crippen molar-refractivity contribution in [1.82, 2.24) is 14.5 Å². The van der Waals surface area contributed by atoms with Crippen LogP contribution in [0.15, 0.2) is 58.5 Å². The average molecular weight is 490 g/mol. The van der Waals surface area contributed by atoms with E-state index >= 15 is 0 Å². The van der Waals surface area contributed by atoms with Crippen LogP contribution in [0.25, 0.3) is 10.9 Å². The Morgan fingerprint density at radius 1 is 1.06 bits per heavy atom. The lowest BCUT2D eigenvalue weighted by atomic mass is 10.1. The molecule has 0 spiro atoms. The smallest absolute Gasteiger partial charge is 0.387 e. The van der Waals surface area contributed by atoms with Crippen LogP contribution in [0.5, 0.6) is 5.75 Å². The van der Waals surface area contributed by atoms with Gasteiger partial charge < -0.3 is 4.74 Å². The van der Waals surface area contributed by atoms with Crippen molar-refractivity contribution in [2.24, 2.45) is 0 Å². The third kappa shape index (κ3) is 6.42. The molecule has 9 heteroatoms. The van der Waals surface area contributed by atoms with Crippen molar-refractivity contribution >= 4 is 28.4 Å². The lowest BCUT2D eigenvalue weighted by molar-refractivity contribution is -0.0498. The van der Waals surface area contributed by atoms with Crippen LogP contribution in [0.4, 0.5) is 8.78 Å². The second-order valence-corrected chi connectivity index (χ2v) is 9.35. The van der Waals surface area contributed by atoms with Gasteiger partial charge in [0.05, 0.1) is 16.7 Å². The van der Waals surface area contributed by atoms with Gasteiger partial charge in [0, 0.05) is 30.7 Å². The second-order valence-electron chi connectivity index (χ2n) is 8.41. The first kappa shape index (κ1) is 25.8. The summed E-state index contributed by atoms with van der Waals surface area (Å²) in [6, 6.07) is 13.4. The Morgan fingerprint density at radius 2 is 1.71 bits per heavy atom. The Kier molecular flexibility index (Phi) is 8.79. The van der Waals surface area contributed by atoms with Crippen molar-refractivity contribution in [1.29, 1.82) is 0 Å². The van der Waals surface area contributed by atoms with Crippen LogP contribution in [-0.4, -0.2) is 51.2 Å². The number of Topliss-reactive ketones (excluding diaryl/α,β-unsaturated/α-hetero) is 1. The van der Waals surface area contributed by atoms with E-state index in [-0.39, 0.29) is 22.8 Å². The molecule has 0 aliphatic carbocycles. The maximum atomic E-state index is 13.3. The number of carbonyl (C=O) groups is 1. The fourth-order valence-corrected chi connectivity index (χ4v) is 4.74. The minimum atomic E-state index is -2.92. The molecule has 0 atom stereocenters. The molecule has 182 valence electrons. The van der Waals surface area contributed by atoms with Crippen molar-refractivity contribution in [2.45, 2.75) is 58.1 Å². The number of alkyl halides is 2. The Labute approximate surface area is 201 Å². The van der Waals surface area contributed by atoms with E-state index in [4.69, 9.17) is 0 Å². The molecule has 0 saturated heterocycles. The van der Waals surface area contributed by atoms with Crippen LogP contribution in [0.1, 0.15) is 38.1 Å². The second kappa shape index (κ2) is 11.6. The molecule has 3 aromatic rings. The Morgan fingerprint density at radius 3 is 2.32 bits per heavy atom. The number of fused-ring (bicyclic) bond motifs is 1. The first-order valence-electron chi connectivity index (χ1n) is 11.1. The van der Waals surface area contributed by atoms with Gasteiger partial charge in [-0.1, -0.05) is 23.9 Å². The van der Waals surface area contributed by atoms with E-state index in [9.17, 15) is 18.4 Å². The van der Waals surface area contributed by atoms with Crippen molar-refractivity contribution < 1.29 is 18.3 Å². The Hall–Kier alpha value is -2.78. The highest BCUT2D eigenvalue weighted by Gasteiger charge is 2.18. The number of benzene rings is 2. The molecule has 0 aliphatic heterocycles. The molecule has 1 heterocycles. The third-order valence-corrected chi connectivity index (χ3v) is 6.45. The van der Waals surface area contributed by atoms with E-state index in [1.54, 1.807) is 16.7 Å². The first-order valence-corrected chi connectivity index (χ1v) is 12.1. The van der Waals surface area contributed by atoms with Crippen LogP contribution in [0, 0.1) is 0 Å². The van der Waals surface area contributed by atoms with Crippen LogP contribution in [-0.2, 0) is 6.54 Å². The number of para-hydroxylation sites is 1. The molecule has 34 heavy (non-hydrogen) atoms. The molecular formula is C25H29F2N3O3S. The van der Waals surface area contributed by atoms with Gasteiger partial charge in [-0.25, -0.2) is 4.98 Å². The van der Waals surface area contributed by atoms with E-state index in [1.807, 2.05) is 12.1 Å². The summed E-state index contributed by atoms with van der Waals surface area (Å²) in [5.41, 5.74) is 0.813. The van der Waals surface area contributed by atoms with Gasteiger partial charge in [0.25, 0.3) is 5.56 Å². The number of thioether (sulfide) groups is 1. The zero-order chi connectivity index (χ0) is 24.8. The van der Waals surface area contributed by atoms with Crippen LogP contribution < -0.4 is 10.3 Å². The monoisotopic (exact) mass is 489 g/mol. The summed E-state index contributed by atoms with van der Waals surface area (Å²) < 4.78 is 30.6. The molecule has 6 nitrogen and oxygen atoms in total. The van der Waals surface area contributed by atoms with E-state index in [0.717, 1.165) is 0 Å². The van der Waals surface area contributed by atoms with Gasteiger partial charge in [0.15, 0.2) is 10.9 Å². The number of nitrogens with zero attached hydrogens (tertiary/aromatic N) is 3. The highest BCUT2D eigenvalue weighted by Crippen LogP contribution is 2.21. The molecule has 0 fully saturated rings. The van der Waals surface area contributed by atoms with Crippen molar-refractivity contribution in [3.8, 4) is 5.75 Å². The summed E-state index contributed by atoms with van der Waals surface area (Å²) in [6.07, 6.45) is 0. The molecule has 0 N–H and O–H groups in total. The fourth-order valence-electron chi connectivity index (χ4n) is 3.82. The van der Waals surface area contributed by atoms with E-state index in [2.05, 4.69) is 42.3 Å². The number of halogens is 2. The largest absolute Gasteiger partial charge is 0.435 e. The lowest BCUT2D eigenvalue weighted by Gasteiger charge is -2.30. The zero-order valence-electron chi connectivity index (χ0n) is 19.7. The molecule has 0 radical (unpaired) electrons. The molecule has 0 saturated carbocycles. The van der Waals surface area contributed by atoms with Gasteiger partial charge in [-0.2, -0.15) is 8.78 Å². The minimum absolute atomic E-state index is 0.0101. The summed E-state index contributed by atoms with van der Waals surface area (Å²) in [6.45, 7) is 6.67. The summed E-state index contributed by atoms with van der Waals surface area (Å²) in [5.74, 6) is -0.157. The predicted octanol–water partition coefficient (Wildman–Crippen LogP) is 5.09. The van der Waals surface area contributed by atoms with Crippen LogP contribution in [0.3, 0.4) is 0 Å². The topological polar surface area (TPSA) is 64.4 Å². The molecule has 2 aromatic carbocycles. The van der Waals surface area contributed by atoms with E-state index in [0.29, 0.717) is 46.8 Å².